The van der Waals surface area contributed by atoms with Gasteiger partial charge in [-0.05, 0) is 40.2 Å². The van der Waals surface area contributed by atoms with Gasteiger partial charge in [0.15, 0.2) is 9.84 Å². The highest BCUT2D eigenvalue weighted by Crippen LogP contribution is 2.27. The molecule has 0 amide bonds. The summed E-state index contributed by atoms with van der Waals surface area (Å²) in [6.07, 6.45) is 0. The van der Waals surface area contributed by atoms with Gasteiger partial charge in [0, 0.05) is 14.7 Å². The Hall–Kier alpha value is -0.560. The molecule has 96 valence electrons. The minimum Gasteiger partial charge on any atom is -0.398 e. The van der Waals surface area contributed by atoms with Crippen molar-refractivity contribution in [3.05, 3.63) is 44.0 Å². The maximum absolute atomic E-state index is 12.2. The van der Waals surface area contributed by atoms with Gasteiger partial charge < -0.3 is 5.73 Å². The number of nitrogens with two attached hydrogens (primary N) is 1. The maximum atomic E-state index is 12.2. The van der Waals surface area contributed by atoms with Crippen LogP contribution in [0.3, 0.4) is 0 Å². The van der Waals surface area contributed by atoms with Crippen LogP contribution in [0.4, 0.5) is 5.69 Å². The Morgan fingerprint density at radius 3 is 2.61 bits per heavy atom. The molecule has 1 aromatic carbocycles. The van der Waals surface area contributed by atoms with Crippen LogP contribution in [0.1, 0.15) is 4.88 Å². The van der Waals surface area contributed by atoms with Crippen molar-refractivity contribution in [2.75, 3.05) is 5.73 Å². The molecule has 3 nitrogen and oxygen atoms in total. The zero-order valence-corrected chi connectivity index (χ0v) is 13.0. The molecule has 0 saturated heterocycles. The van der Waals surface area contributed by atoms with Crippen LogP contribution in [0, 0.1) is 0 Å². The van der Waals surface area contributed by atoms with Crippen LogP contribution in [-0.2, 0) is 15.6 Å². The third-order valence-corrected chi connectivity index (χ3v) is 6.16. The van der Waals surface area contributed by atoms with Crippen molar-refractivity contribution in [1.82, 2.24) is 0 Å². The Labute approximate surface area is 123 Å². The second-order valence-electron chi connectivity index (χ2n) is 3.67. The van der Waals surface area contributed by atoms with Gasteiger partial charge in [-0.25, -0.2) is 8.42 Å². The predicted molar refractivity (Wildman–Crippen MR) is 78.8 cm³/mol. The number of hydrogen-bond acceptors (Lipinski definition) is 4. The molecule has 18 heavy (non-hydrogen) atoms. The Morgan fingerprint density at radius 1 is 1.33 bits per heavy atom. The van der Waals surface area contributed by atoms with Crippen molar-refractivity contribution in [3.63, 3.8) is 0 Å². The van der Waals surface area contributed by atoms with E-state index < -0.39 is 9.84 Å². The maximum Gasteiger partial charge on any atom is 0.183 e. The number of sulfone groups is 1. The van der Waals surface area contributed by atoms with E-state index in [9.17, 15) is 8.42 Å². The van der Waals surface area contributed by atoms with Gasteiger partial charge in [0.2, 0.25) is 0 Å². The van der Waals surface area contributed by atoms with E-state index in [-0.39, 0.29) is 15.7 Å². The van der Waals surface area contributed by atoms with E-state index in [1.54, 1.807) is 6.07 Å². The van der Waals surface area contributed by atoms with Gasteiger partial charge in [-0.2, -0.15) is 0 Å². The van der Waals surface area contributed by atoms with Crippen LogP contribution in [0.15, 0.2) is 39.0 Å². The van der Waals surface area contributed by atoms with E-state index in [0.29, 0.717) is 5.69 Å². The van der Waals surface area contributed by atoms with Crippen LogP contribution in [0.2, 0.25) is 5.02 Å². The quantitative estimate of drug-likeness (QED) is 0.842. The molecule has 0 unspecified atom stereocenters. The molecule has 0 radical (unpaired) electrons. The fourth-order valence-electron chi connectivity index (χ4n) is 1.40. The van der Waals surface area contributed by atoms with Gasteiger partial charge in [0.25, 0.3) is 0 Å². The molecule has 2 rings (SSSR count). The van der Waals surface area contributed by atoms with Crippen LogP contribution >= 0.6 is 38.9 Å². The first kappa shape index (κ1) is 13.9. The fourth-order valence-corrected chi connectivity index (χ4v) is 4.82. The molecule has 0 spiro atoms. The van der Waals surface area contributed by atoms with E-state index in [1.165, 1.54) is 29.5 Å². The van der Waals surface area contributed by atoms with Gasteiger partial charge in [0.05, 0.1) is 21.4 Å². The number of nitrogen functional groups attached to an aromatic ring is 1. The van der Waals surface area contributed by atoms with E-state index in [0.717, 1.165) is 9.35 Å². The average Bonchev–Trinajstić information content (AvgIpc) is 2.67. The second kappa shape index (κ2) is 5.21. The second-order valence-corrected chi connectivity index (χ2v) is 7.98. The Balaban J connectivity index is 2.33. The molecular formula is C11H9BrClNO2S2. The van der Waals surface area contributed by atoms with Gasteiger partial charge >= 0.3 is 0 Å². The lowest BCUT2D eigenvalue weighted by molar-refractivity contribution is 0.595. The largest absolute Gasteiger partial charge is 0.398 e. The minimum atomic E-state index is -3.39. The highest BCUT2D eigenvalue weighted by atomic mass is 79.9. The summed E-state index contributed by atoms with van der Waals surface area (Å²) < 4.78 is 25.2. The van der Waals surface area contributed by atoms with E-state index in [4.69, 9.17) is 17.3 Å². The van der Waals surface area contributed by atoms with Crippen molar-refractivity contribution < 1.29 is 8.42 Å². The molecule has 0 atom stereocenters. The van der Waals surface area contributed by atoms with E-state index in [2.05, 4.69) is 15.9 Å². The molecule has 0 aliphatic carbocycles. The van der Waals surface area contributed by atoms with Crippen LogP contribution in [-0.4, -0.2) is 8.42 Å². The third kappa shape index (κ3) is 3.06. The number of halogens is 2. The van der Waals surface area contributed by atoms with Gasteiger partial charge in [-0.15, -0.1) is 11.3 Å². The molecule has 0 aliphatic rings. The molecule has 2 aromatic rings. The predicted octanol–water partition coefficient (Wildman–Crippen LogP) is 3.72. The first-order valence-corrected chi connectivity index (χ1v) is 8.59. The molecule has 1 heterocycles. The molecule has 0 aliphatic heterocycles. The highest BCUT2D eigenvalue weighted by molar-refractivity contribution is 9.10. The molecule has 1 aromatic heterocycles. The third-order valence-electron chi connectivity index (χ3n) is 2.29. The lowest BCUT2D eigenvalue weighted by atomic mass is 10.3. The topological polar surface area (TPSA) is 60.2 Å². The highest BCUT2D eigenvalue weighted by Gasteiger charge is 2.17. The lowest BCUT2D eigenvalue weighted by Gasteiger charge is -2.05. The summed E-state index contributed by atoms with van der Waals surface area (Å²) in [6.45, 7) is 0. The fraction of sp³-hybridized carbons (Fsp3) is 0.0909. The van der Waals surface area contributed by atoms with Crippen molar-refractivity contribution in [3.8, 4) is 0 Å². The summed E-state index contributed by atoms with van der Waals surface area (Å²) >= 11 is 10.5. The normalized spacial score (nSPS) is 11.7. The lowest BCUT2D eigenvalue weighted by Crippen LogP contribution is -2.04. The molecule has 7 heteroatoms. The van der Waals surface area contributed by atoms with Crippen LogP contribution in [0.25, 0.3) is 0 Å². The van der Waals surface area contributed by atoms with Crippen LogP contribution in [0.5, 0.6) is 0 Å². The molecule has 0 saturated carbocycles. The number of thiophene rings is 1. The summed E-state index contributed by atoms with van der Waals surface area (Å²) in [5.74, 6) is -0.0382. The number of anilines is 1. The number of benzene rings is 1. The van der Waals surface area contributed by atoms with Crippen molar-refractivity contribution in [1.29, 1.82) is 0 Å². The average molecular weight is 367 g/mol. The zero-order chi connectivity index (χ0) is 13.3. The SMILES string of the molecule is Nc1ccc(S(=O)(=O)Cc2cc(Br)cs2)cc1Cl. The Bertz CT molecular complexity index is 682. The summed E-state index contributed by atoms with van der Waals surface area (Å²) in [5.41, 5.74) is 5.93. The molecule has 2 N–H and O–H groups in total. The van der Waals surface area contributed by atoms with Crippen molar-refractivity contribution in [2.45, 2.75) is 10.6 Å². The molecular weight excluding hydrogens is 358 g/mol. The standard InChI is InChI=1S/C11H9BrClNO2S2/c12-7-3-8(17-5-7)6-18(15,16)9-1-2-11(14)10(13)4-9/h1-5H,6,14H2. The number of hydrogen-bond donors (Lipinski definition) is 1. The van der Waals surface area contributed by atoms with Gasteiger partial charge in [-0.3, -0.25) is 0 Å². The van der Waals surface area contributed by atoms with Crippen molar-refractivity contribution in [2.24, 2.45) is 0 Å². The first-order chi connectivity index (χ1) is 8.38. The number of rotatable bonds is 3. The zero-order valence-electron chi connectivity index (χ0n) is 9.06. The smallest absolute Gasteiger partial charge is 0.183 e. The first-order valence-electron chi connectivity index (χ1n) is 4.89. The minimum absolute atomic E-state index is 0.0382. The Morgan fingerprint density at radius 2 is 2.06 bits per heavy atom. The summed E-state index contributed by atoms with van der Waals surface area (Å²) in [7, 11) is -3.39. The molecule has 0 fully saturated rings. The van der Waals surface area contributed by atoms with Gasteiger partial charge in [-0.1, -0.05) is 11.6 Å². The monoisotopic (exact) mass is 365 g/mol. The van der Waals surface area contributed by atoms with Crippen LogP contribution < -0.4 is 5.73 Å². The van der Waals surface area contributed by atoms with E-state index in [1.807, 2.05) is 5.38 Å². The summed E-state index contributed by atoms with van der Waals surface area (Å²) in [6, 6.07) is 6.15. The summed E-state index contributed by atoms with van der Waals surface area (Å²) in [5, 5.41) is 2.10. The van der Waals surface area contributed by atoms with E-state index >= 15 is 0 Å². The Kier molecular flexibility index (Phi) is 4.01. The van der Waals surface area contributed by atoms with Crippen molar-refractivity contribution >= 4 is 54.4 Å². The van der Waals surface area contributed by atoms with Gasteiger partial charge in [0.1, 0.15) is 0 Å². The summed E-state index contributed by atoms with van der Waals surface area (Å²) in [4.78, 5) is 0.959. The molecule has 0 bridgehead atoms.